The van der Waals surface area contributed by atoms with E-state index in [4.69, 9.17) is 0 Å². The molecule has 1 saturated heterocycles. The Labute approximate surface area is 163 Å². The Morgan fingerprint density at radius 3 is 2.43 bits per heavy atom. The Hall–Kier alpha value is -2.05. The molecule has 2 amide bonds. The van der Waals surface area contributed by atoms with Crippen LogP contribution in [0.1, 0.15) is 62.5 Å². The predicted molar refractivity (Wildman–Crippen MR) is 99.2 cm³/mol. The van der Waals surface area contributed by atoms with E-state index < -0.39 is 11.7 Å². The van der Waals surface area contributed by atoms with Gasteiger partial charge in [-0.1, -0.05) is 43.9 Å². The first-order valence-electron chi connectivity index (χ1n) is 10.1. The number of benzene rings is 1. The molecule has 1 aromatic carbocycles. The molecule has 154 valence electrons. The van der Waals surface area contributed by atoms with Crippen molar-refractivity contribution >= 4 is 11.8 Å². The van der Waals surface area contributed by atoms with Gasteiger partial charge in [-0.15, -0.1) is 0 Å². The van der Waals surface area contributed by atoms with E-state index in [0.29, 0.717) is 19.4 Å². The molecule has 2 fully saturated rings. The first-order chi connectivity index (χ1) is 13.4. The second kappa shape index (κ2) is 8.97. The molecule has 0 unspecified atom stereocenters. The van der Waals surface area contributed by atoms with Gasteiger partial charge in [-0.05, 0) is 30.9 Å². The summed E-state index contributed by atoms with van der Waals surface area (Å²) in [5.74, 6) is -0.541. The number of piperidine rings is 1. The van der Waals surface area contributed by atoms with Gasteiger partial charge >= 0.3 is 6.18 Å². The second-order valence-corrected chi connectivity index (χ2v) is 7.80. The molecule has 1 aromatic rings. The lowest BCUT2D eigenvalue weighted by Crippen LogP contribution is -2.49. The topological polar surface area (TPSA) is 49.4 Å². The first-order valence-corrected chi connectivity index (χ1v) is 10.1. The van der Waals surface area contributed by atoms with Gasteiger partial charge in [-0.3, -0.25) is 9.59 Å². The molecule has 0 radical (unpaired) electrons. The van der Waals surface area contributed by atoms with Crippen molar-refractivity contribution in [1.29, 1.82) is 0 Å². The van der Waals surface area contributed by atoms with E-state index in [0.717, 1.165) is 31.7 Å². The highest BCUT2D eigenvalue weighted by Crippen LogP contribution is 2.32. The molecule has 2 aliphatic rings. The molecule has 1 atom stereocenters. The molecule has 3 rings (SSSR count). The Morgan fingerprint density at radius 2 is 1.75 bits per heavy atom. The summed E-state index contributed by atoms with van der Waals surface area (Å²) in [5.41, 5.74) is -0.676. The highest BCUT2D eigenvalue weighted by atomic mass is 19.4. The molecule has 0 bridgehead atoms. The van der Waals surface area contributed by atoms with Crippen LogP contribution in [0.15, 0.2) is 24.3 Å². The van der Waals surface area contributed by atoms with Crippen molar-refractivity contribution in [2.75, 3.05) is 6.54 Å². The number of alkyl halides is 3. The lowest BCUT2D eigenvalue weighted by molar-refractivity contribution is -0.142. The average Bonchev–Trinajstić information content (AvgIpc) is 2.95. The average molecular weight is 396 g/mol. The van der Waals surface area contributed by atoms with Crippen LogP contribution in [0, 0.1) is 5.92 Å². The highest BCUT2D eigenvalue weighted by Gasteiger charge is 2.35. The second-order valence-electron chi connectivity index (χ2n) is 7.80. The Balaban J connectivity index is 1.61. The summed E-state index contributed by atoms with van der Waals surface area (Å²) in [7, 11) is 0. The minimum absolute atomic E-state index is 0.0517. The van der Waals surface area contributed by atoms with E-state index >= 15 is 0 Å². The van der Waals surface area contributed by atoms with Gasteiger partial charge in [0.15, 0.2) is 0 Å². The largest absolute Gasteiger partial charge is 0.416 e. The van der Waals surface area contributed by atoms with Crippen molar-refractivity contribution in [2.45, 2.75) is 70.1 Å². The third kappa shape index (κ3) is 5.06. The molecule has 1 N–H and O–H groups in total. The lowest BCUT2D eigenvalue weighted by atomic mass is 9.93. The molecule has 28 heavy (non-hydrogen) atoms. The van der Waals surface area contributed by atoms with E-state index in [-0.39, 0.29) is 35.9 Å². The summed E-state index contributed by atoms with van der Waals surface area (Å²) in [6, 6.07) is 5.46. The van der Waals surface area contributed by atoms with Gasteiger partial charge in [0.1, 0.15) is 0 Å². The molecule has 0 aromatic heterocycles. The fraction of sp³-hybridized carbons (Fsp3) is 0.619. The zero-order valence-corrected chi connectivity index (χ0v) is 15.9. The zero-order valence-electron chi connectivity index (χ0n) is 15.9. The molecule has 1 saturated carbocycles. The molecule has 1 aliphatic heterocycles. The molecule has 1 aliphatic carbocycles. The monoisotopic (exact) mass is 396 g/mol. The number of hydrogen-bond donors (Lipinski definition) is 1. The van der Waals surface area contributed by atoms with Crippen molar-refractivity contribution in [2.24, 2.45) is 5.92 Å². The van der Waals surface area contributed by atoms with Crippen molar-refractivity contribution in [3.05, 3.63) is 35.4 Å². The van der Waals surface area contributed by atoms with E-state index in [9.17, 15) is 22.8 Å². The number of rotatable bonds is 4. The third-order valence-corrected chi connectivity index (χ3v) is 5.86. The number of nitrogens with one attached hydrogen (secondary N) is 1. The van der Waals surface area contributed by atoms with Crippen LogP contribution < -0.4 is 5.32 Å². The van der Waals surface area contributed by atoms with Crippen molar-refractivity contribution < 1.29 is 22.8 Å². The van der Waals surface area contributed by atoms with Crippen molar-refractivity contribution in [3.63, 3.8) is 0 Å². The smallest absolute Gasteiger partial charge is 0.352 e. The van der Waals surface area contributed by atoms with Gasteiger partial charge in [0, 0.05) is 25.6 Å². The molecule has 0 spiro atoms. The van der Waals surface area contributed by atoms with Crippen LogP contribution in [0.4, 0.5) is 13.2 Å². The summed E-state index contributed by atoms with van der Waals surface area (Å²) in [6.07, 6.45) is 2.83. The number of halogens is 3. The summed E-state index contributed by atoms with van der Waals surface area (Å²) in [5, 5.41) is 2.65. The Bertz CT molecular complexity index is 697. The Kier molecular flexibility index (Phi) is 6.62. The van der Waals surface area contributed by atoms with E-state index in [1.54, 1.807) is 0 Å². The minimum Gasteiger partial charge on any atom is -0.352 e. The number of carbonyl (C=O) groups excluding carboxylic acids is 2. The van der Waals surface area contributed by atoms with Crippen molar-refractivity contribution in [3.8, 4) is 0 Å². The SMILES string of the molecule is O=C(NCc1ccccc1C(F)(F)F)[C@@H]1CCC(=O)N(C2CCCCCC2)C1. The third-order valence-electron chi connectivity index (χ3n) is 5.86. The van der Waals surface area contributed by atoms with Crippen LogP contribution in [-0.2, 0) is 22.3 Å². The summed E-state index contributed by atoms with van der Waals surface area (Å²) in [4.78, 5) is 26.8. The fourth-order valence-corrected chi connectivity index (χ4v) is 4.29. The van der Waals surface area contributed by atoms with Crippen LogP contribution >= 0.6 is 0 Å². The number of likely N-dealkylation sites (tertiary alicyclic amines) is 1. The summed E-state index contributed by atoms with van der Waals surface area (Å²) >= 11 is 0. The quantitative estimate of drug-likeness (QED) is 0.772. The van der Waals surface area contributed by atoms with Gasteiger partial charge in [0.25, 0.3) is 0 Å². The van der Waals surface area contributed by atoms with Crippen LogP contribution in [0.5, 0.6) is 0 Å². The normalized spacial score (nSPS) is 22.0. The number of carbonyl (C=O) groups is 2. The first kappa shape index (κ1) is 20.7. The molecule has 1 heterocycles. The maximum Gasteiger partial charge on any atom is 0.416 e. The molecule has 4 nitrogen and oxygen atoms in total. The molecular weight excluding hydrogens is 369 g/mol. The predicted octanol–water partition coefficient (Wildman–Crippen LogP) is 4.28. The standard InChI is InChI=1S/C21H27F3N2O2/c22-21(23,24)18-10-6-5-7-15(18)13-25-20(28)16-11-12-19(27)26(14-16)17-8-3-1-2-4-9-17/h5-7,10,16-17H,1-4,8-9,11-14H2,(H,25,28)/t16-/m1/s1. The van der Waals surface area contributed by atoms with Crippen LogP contribution in [0.3, 0.4) is 0 Å². The van der Waals surface area contributed by atoms with Gasteiger partial charge in [0.2, 0.25) is 11.8 Å². The molecule has 7 heteroatoms. The van der Waals surface area contributed by atoms with E-state index in [2.05, 4.69) is 5.32 Å². The number of nitrogens with zero attached hydrogens (tertiary/aromatic N) is 1. The summed E-state index contributed by atoms with van der Waals surface area (Å²) < 4.78 is 39.3. The van der Waals surface area contributed by atoms with Gasteiger partial charge in [-0.25, -0.2) is 0 Å². The highest BCUT2D eigenvalue weighted by molar-refractivity contribution is 5.84. The fourth-order valence-electron chi connectivity index (χ4n) is 4.29. The number of amides is 2. The van der Waals surface area contributed by atoms with Crippen LogP contribution in [0.2, 0.25) is 0 Å². The lowest BCUT2D eigenvalue weighted by Gasteiger charge is -2.37. The van der Waals surface area contributed by atoms with Gasteiger partial charge in [0.05, 0.1) is 11.5 Å². The maximum absolute atomic E-state index is 13.1. The summed E-state index contributed by atoms with van der Waals surface area (Å²) in [6.45, 7) is 0.207. The Morgan fingerprint density at radius 1 is 1.07 bits per heavy atom. The zero-order chi connectivity index (χ0) is 20.1. The van der Waals surface area contributed by atoms with Crippen molar-refractivity contribution in [1.82, 2.24) is 10.2 Å². The van der Waals surface area contributed by atoms with Crippen LogP contribution in [0.25, 0.3) is 0 Å². The van der Waals surface area contributed by atoms with Crippen LogP contribution in [-0.4, -0.2) is 29.3 Å². The van der Waals surface area contributed by atoms with E-state index in [1.807, 2.05) is 4.90 Å². The maximum atomic E-state index is 13.1. The van der Waals surface area contributed by atoms with E-state index in [1.165, 1.54) is 31.0 Å². The van der Waals surface area contributed by atoms with Gasteiger partial charge in [-0.2, -0.15) is 13.2 Å². The number of hydrogen-bond acceptors (Lipinski definition) is 2. The molecular formula is C21H27F3N2O2. The van der Waals surface area contributed by atoms with Gasteiger partial charge < -0.3 is 10.2 Å². The minimum atomic E-state index is -4.45.